The fourth-order valence-corrected chi connectivity index (χ4v) is 2.82. The van der Waals surface area contributed by atoms with Crippen LogP contribution in [0.15, 0.2) is 0 Å². The van der Waals surface area contributed by atoms with E-state index in [2.05, 4.69) is 10.6 Å². The van der Waals surface area contributed by atoms with Gasteiger partial charge in [-0.1, -0.05) is 6.42 Å². The molecule has 1 saturated heterocycles. The van der Waals surface area contributed by atoms with E-state index in [1.165, 1.54) is 0 Å². The van der Waals surface area contributed by atoms with Crippen LogP contribution in [-0.2, 0) is 9.59 Å². The van der Waals surface area contributed by atoms with Crippen LogP contribution in [0, 0.1) is 5.41 Å². The minimum Gasteiger partial charge on any atom is -0.393 e. The molecular weight excluding hydrogens is 220 g/mol. The average molecular weight is 240 g/mol. The van der Waals surface area contributed by atoms with Crippen LogP contribution in [-0.4, -0.2) is 35.6 Å². The van der Waals surface area contributed by atoms with Crippen molar-refractivity contribution in [1.29, 1.82) is 0 Å². The Morgan fingerprint density at radius 3 is 3.00 bits per heavy atom. The molecule has 2 fully saturated rings. The maximum absolute atomic E-state index is 11.6. The summed E-state index contributed by atoms with van der Waals surface area (Å²) in [7, 11) is 0. The van der Waals surface area contributed by atoms with Gasteiger partial charge in [-0.2, -0.15) is 0 Å². The number of aliphatic hydroxyl groups excluding tert-OH is 1. The zero-order valence-electron chi connectivity index (χ0n) is 10.2. The van der Waals surface area contributed by atoms with Gasteiger partial charge in [0.2, 0.25) is 11.8 Å². The number of carbonyl (C=O) groups is 2. The highest BCUT2D eigenvalue weighted by Crippen LogP contribution is 2.40. The van der Waals surface area contributed by atoms with Gasteiger partial charge in [-0.05, 0) is 26.2 Å². The van der Waals surface area contributed by atoms with Gasteiger partial charge < -0.3 is 15.7 Å². The molecule has 0 aromatic heterocycles. The number of hydrogen-bond donors (Lipinski definition) is 3. The van der Waals surface area contributed by atoms with Crippen molar-refractivity contribution in [3.8, 4) is 0 Å². The second-order valence-corrected chi connectivity index (χ2v) is 5.38. The average Bonchev–Trinajstić information content (AvgIpc) is 2.26. The predicted octanol–water partition coefficient (Wildman–Crippen LogP) is -0.0677. The topological polar surface area (TPSA) is 78.4 Å². The summed E-state index contributed by atoms with van der Waals surface area (Å²) in [5, 5.41) is 14.8. The number of β-lactam (4-membered cyclic amide) rings is 1. The molecule has 17 heavy (non-hydrogen) atoms. The minimum atomic E-state index is -0.612. The molecule has 1 aliphatic heterocycles. The van der Waals surface area contributed by atoms with Crippen molar-refractivity contribution in [3.63, 3.8) is 0 Å². The third-order valence-corrected chi connectivity index (χ3v) is 3.76. The van der Waals surface area contributed by atoms with Crippen LogP contribution in [0.2, 0.25) is 0 Å². The largest absolute Gasteiger partial charge is 0.393 e. The van der Waals surface area contributed by atoms with E-state index in [4.69, 9.17) is 5.11 Å². The molecule has 2 rings (SSSR count). The lowest BCUT2D eigenvalue weighted by molar-refractivity contribution is -0.144. The smallest absolute Gasteiger partial charge is 0.228 e. The van der Waals surface area contributed by atoms with Crippen LogP contribution < -0.4 is 10.6 Å². The highest BCUT2D eigenvalue weighted by Gasteiger charge is 2.49. The molecule has 2 unspecified atom stereocenters. The van der Waals surface area contributed by atoms with Gasteiger partial charge in [0.05, 0.1) is 17.9 Å². The van der Waals surface area contributed by atoms with Gasteiger partial charge >= 0.3 is 0 Å². The summed E-state index contributed by atoms with van der Waals surface area (Å²) in [6.45, 7) is 2.34. The Balaban J connectivity index is 1.86. The second kappa shape index (κ2) is 4.64. The Morgan fingerprint density at radius 1 is 1.71 bits per heavy atom. The molecule has 1 saturated carbocycles. The molecule has 2 aliphatic rings. The van der Waals surface area contributed by atoms with E-state index in [1.807, 2.05) is 0 Å². The molecule has 96 valence electrons. The highest BCUT2D eigenvalue weighted by molar-refractivity contribution is 5.89. The van der Waals surface area contributed by atoms with Crippen molar-refractivity contribution in [1.82, 2.24) is 10.6 Å². The Bertz CT molecular complexity index is 330. The van der Waals surface area contributed by atoms with E-state index < -0.39 is 6.10 Å². The van der Waals surface area contributed by atoms with E-state index in [0.717, 1.165) is 32.2 Å². The highest BCUT2D eigenvalue weighted by atomic mass is 16.3. The zero-order chi connectivity index (χ0) is 12.5. The van der Waals surface area contributed by atoms with E-state index in [0.29, 0.717) is 0 Å². The fraction of sp³-hybridized carbons (Fsp3) is 0.833. The molecule has 1 heterocycles. The lowest BCUT2D eigenvalue weighted by Crippen LogP contribution is -2.62. The molecule has 1 spiro atoms. The Kier molecular flexibility index (Phi) is 3.38. The van der Waals surface area contributed by atoms with E-state index in [9.17, 15) is 9.59 Å². The van der Waals surface area contributed by atoms with Gasteiger partial charge in [0.1, 0.15) is 0 Å². The van der Waals surface area contributed by atoms with Crippen molar-refractivity contribution in [2.75, 3.05) is 6.54 Å². The monoisotopic (exact) mass is 240 g/mol. The first-order chi connectivity index (χ1) is 8.02. The zero-order valence-corrected chi connectivity index (χ0v) is 10.2. The molecule has 0 bridgehead atoms. The minimum absolute atomic E-state index is 0.0843. The second-order valence-electron chi connectivity index (χ2n) is 5.38. The van der Waals surface area contributed by atoms with Crippen LogP contribution in [0.25, 0.3) is 0 Å². The summed E-state index contributed by atoms with van der Waals surface area (Å²) in [5.74, 6) is 0.00811. The first kappa shape index (κ1) is 12.4. The van der Waals surface area contributed by atoms with Crippen LogP contribution >= 0.6 is 0 Å². The standard InChI is InChI=1S/C12H20N2O3/c1-8(15)5-10(16)14-9-3-2-4-12(6-9)7-13-11(12)17/h8-9,15H,2-7H2,1H3,(H,13,17)(H,14,16)/t8-,9?,12?/m1/s1. The normalized spacial score (nSPS) is 33.8. The summed E-state index contributed by atoms with van der Waals surface area (Å²) in [6, 6.07) is 0.0843. The number of rotatable bonds is 3. The first-order valence-corrected chi connectivity index (χ1v) is 6.27. The maximum atomic E-state index is 11.6. The van der Waals surface area contributed by atoms with Gasteiger partial charge in [-0.3, -0.25) is 9.59 Å². The van der Waals surface area contributed by atoms with Gasteiger partial charge in [-0.15, -0.1) is 0 Å². The molecule has 0 aromatic carbocycles. The van der Waals surface area contributed by atoms with E-state index in [1.54, 1.807) is 6.92 Å². The molecule has 5 heteroatoms. The van der Waals surface area contributed by atoms with Gasteiger partial charge in [0.15, 0.2) is 0 Å². The van der Waals surface area contributed by atoms with Gasteiger partial charge in [-0.25, -0.2) is 0 Å². The SMILES string of the molecule is C[C@@H](O)CC(=O)NC1CCCC2(CNC2=O)C1. The third-order valence-electron chi connectivity index (χ3n) is 3.76. The Hall–Kier alpha value is -1.10. The lowest BCUT2D eigenvalue weighted by atomic mass is 9.67. The number of hydrogen-bond acceptors (Lipinski definition) is 3. The quantitative estimate of drug-likeness (QED) is 0.604. The molecule has 1 aliphatic carbocycles. The first-order valence-electron chi connectivity index (χ1n) is 6.27. The van der Waals surface area contributed by atoms with Crippen molar-refractivity contribution >= 4 is 11.8 Å². The summed E-state index contributed by atoms with van der Waals surface area (Å²) in [4.78, 5) is 23.1. The molecule has 0 aromatic rings. The summed E-state index contributed by atoms with van der Waals surface area (Å²) in [6.07, 6.45) is 3.11. The molecular formula is C12H20N2O3. The van der Waals surface area contributed by atoms with Crippen LogP contribution in [0.1, 0.15) is 39.0 Å². The number of aliphatic hydroxyl groups is 1. The molecule has 3 atom stereocenters. The number of carbonyl (C=O) groups excluding carboxylic acids is 2. The van der Waals surface area contributed by atoms with Gasteiger partial charge in [0.25, 0.3) is 0 Å². The Morgan fingerprint density at radius 2 is 2.47 bits per heavy atom. The fourth-order valence-electron chi connectivity index (χ4n) is 2.82. The van der Waals surface area contributed by atoms with Crippen molar-refractivity contribution in [3.05, 3.63) is 0 Å². The molecule has 0 radical (unpaired) electrons. The molecule has 5 nitrogen and oxygen atoms in total. The maximum Gasteiger partial charge on any atom is 0.228 e. The number of nitrogens with one attached hydrogen (secondary N) is 2. The van der Waals surface area contributed by atoms with Crippen molar-refractivity contribution < 1.29 is 14.7 Å². The van der Waals surface area contributed by atoms with Crippen LogP contribution in [0.4, 0.5) is 0 Å². The van der Waals surface area contributed by atoms with Crippen LogP contribution in [0.3, 0.4) is 0 Å². The summed E-state index contributed by atoms with van der Waals surface area (Å²) >= 11 is 0. The Labute approximate surface area is 101 Å². The molecule has 2 amide bonds. The number of amides is 2. The van der Waals surface area contributed by atoms with Crippen molar-refractivity contribution in [2.45, 2.75) is 51.2 Å². The van der Waals surface area contributed by atoms with Crippen LogP contribution in [0.5, 0.6) is 0 Å². The van der Waals surface area contributed by atoms with E-state index in [-0.39, 0.29) is 29.7 Å². The summed E-state index contributed by atoms with van der Waals surface area (Å²) in [5.41, 5.74) is -0.221. The van der Waals surface area contributed by atoms with E-state index >= 15 is 0 Å². The lowest BCUT2D eigenvalue weighted by Gasteiger charge is -2.46. The van der Waals surface area contributed by atoms with Crippen molar-refractivity contribution in [2.24, 2.45) is 5.41 Å². The van der Waals surface area contributed by atoms with Gasteiger partial charge in [0, 0.05) is 12.6 Å². The summed E-state index contributed by atoms with van der Waals surface area (Å²) < 4.78 is 0. The third kappa shape index (κ3) is 2.60. The predicted molar refractivity (Wildman–Crippen MR) is 62.1 cm³/mol. The molecule has 3 N–H and O–H groups in total.